The van der Waals surface area contributed by atoms with Crippen LogP contribution in [-0.4, -0.2) is 21.5 Å². The number of alkyl halides is 1. The third-order valence-corrected chi connectivity index (χ3v) is 2.24. The van der Waals surface area contributed by atoms with Crippen LogP contribution < -0.4 is 5.73 Å². The van der Waals surface area contributed by atoms with Crippen molar-refractivity contribution < 1.29 is 4.39 Å². The highest BCUT2D eigenvalue weighted by Crippen LogP contribution is 2.24. The van der Waals surface area contributed by atoms with Crippen LogP contribution in [0.4, 0.5) is 4.39 Å². The van der Waals surface area contributed by atoms with E-state index in [0.717, 1.165) is 6.42 Å². The zero-order valence-corrected chi connectivity index (χ0v) is 8.65. The van der Waals surface area contributed by atoms with Crippen molar-refractivity contribution in [2.75, 3.05) is 6.54 Å². The highest BCUT2D eigenvalue weighted by atomic mass is 19.1. The number of hydrogen-bond donors (Lipinski definition) is 1. The number of nitrogens with zero attached hydrogens (tertiary/aromatic N) is 3. The molecule has 0 amide bonds. The van der Waals surface area contributed by atoms with Gasteiger partial charge in [0.15, 0.2) is 0 Å². The number of hydrogen-bond acceptors (Lipinski definition) is 3. The molecule has 2 unspecified atom stereocenters. The fourth-order valence-corrected chi connectivity index (χ4v) is 1.28. The number of aryl methyl sites for hydroxylation is 1. The van der Waals surface area contributed by atoms with E-state index in [1.54, 1.807) is 11.6 Å². The molecule has 2 N–H and O–H groups in total. The average molecular weight is 200 g/mol. The van der Waals surface area contributed by atoms with Gasteiger partial charge >= 0.3 is 0 Å². The van der Waals surface area contributed by atoms with E-state index in [0.29, 0.717) is 18.8 Å². The summed E-state index contributed by atoms with van der Waals surface area (Å²) in [6.07, 6.45) is 1.33. The van der Waals surface area contributed by atoms with Gasteiger partial charge < -0.3 is 5.73 Å². The molecule has 0 aromatic carbocycles. The van der Waals surface area contributed by atoms with Crippen molar-refractivity contribution in [2.24, 2.45) is 11.7 Å². The number of nitrogens with two attached hydrogens (primary N) is 1. The predicted molar refractivity (Wildman–Crippen MR) is 52.4 cm³/mol. The van der Waals surface area contributed by atoms with Gasteiger partial charge in [-0.3, -0.25) is 0 Å². The summed E-state index contributed by atoms with van der Waals surface area (Å²) in [6, 6.07) is 0. The van der Waals surface area contributed by atoms with Crippen molar-refractivity contribution in [1.82, 2.24) is 15.0 Å². The number of halogens is 1. The average Bonchev–Trinajstić information content (AvgIpc) is 2.64. The van der Waals surface area contributed by atoms with Crippen LogP contribution in [0.15, 0.2) is 6.20 Å². The molecule has 1 aromatic rings. The van der Waals surface area contributed by atoms with E-state index in [1.165, 1.54) is 6.20 Å². The van der Waals surface area contributed by atoms with E-state index in [1.807, 2.05) is 6.92 Å². The number of rotatable bonds is 5. The minimum absolute atomic E-state index is 0.191. The quantitative estimate of drug-likeness (QED) is 0.779. The second kappa shape index (κ2) is 5.05. The summed E-state index contributed by atoms with van der Waals surface area (Å²) in [6.45, 7) is 4.84. The Bertz CT molecular complexity index is 274. The monoisotopic (exact) mass is 200 g/mol. The van der Waals surface area contributed by atoms with Gasteiger partial charge in [-0.15, -0.1) is 5.10 Å². The summed E-state index contributed by atoms with van der Waals surface area (Å²) in [4.78, 5) is 0. The van der Waals surface area contributed by atoms with Crippen LogP contribution in [-0.2, 0) is 6.54 Å². The van der Waals surface area contributed by atoms with Crippen LogP contribution in [0.2, 0.25) is 0 Å². The van der Waals surface area contributed by atoms with Gasteiger partial charge in [0.1, 0.15) is 6.17 Å². The molecular weight excluding hydrogens is 183 g/mol. The fraction of sp³-hybridized carbons (Fsp3) is 0.778. The lowest BCUT2D eigenvalue weighted by Gasteiger charge is -2.14. The van der Waals surface area contributed by atoms with Crippen molar-refractivity contribution in [1.29, 1.82) is 0 Å². The molecule has 0 aliphatic heterocycles. The maximum absolute atomic E-state index is 13.8. The largest absolute Gasteiger partial charge is 0.330 e. The molecule has 14 heavy (non-hydrogen) atoms. The minimum Gasteiger partial charge on any atom is -0.330 e. The van der Waals surface area contributed by atoms with E-state index >= 15 is 0 Å². The first-order valence-electron chi connectivity index (χ1n) is 4.93. The third-order valence-electron chi connectivity index (χ3n) is 2.24. The highest BCUT2D eigenvalue weighted by Gasteiger charge is 2.21. The Balaban J connectivity index is 2.77. The van der Waals surface area contributed by atoms with E-state index in [-0.39, 0.29) is 5.92 Å². The summed E-state index contributed by atoms with van der Waals surface area (Å²) in [5.74, 6) is -0.191. The summed E-state index contributed by atoms with van der Waals surface area (Å²) in [5.41, 5.74) is 5.95. The molecule has 1 aromatic heterocycles. The molecule has 0 fully saturated rings. The van der Waals surface area contributed by atoms with Gasteiger partial charge in [-0.2, -0.15) is 0 Å². The molecule has 1 heterocycles. The summed E-state index contributed by atoms with van der Waals surface area (Å²) in [5, 5.41) is 7.54. The molecule has 5 heteroatoms. The lowest BCUT2D eigenvalue weighted by molar-refractivity contribution is 0.235. The SMILES string of the molecule is CCCn1nncc1C(F)C(C)CN. The van der Waals surface area contributed by atoms with Gasteiger partial charge in [-0.1, -0.05) is 19.1 Å². The van der Waals surface area contributed by atoms with E-state index in [9.17, 15) is 4.39 Å². The Morgan fingerprint density at radius 3 is 2.93 bits per heavy atom. The molecule has 0 aliphatic carbocycles. The molecule has 1 rings (SSSR count). The van der Waals surface area contributed by atoms with Gasteiger partial charge in [0, 0.05) is 12.5 Å². The lowest BCUT2D eigenvalue weighted by Crippen LogP contribution is -2.19. The molecule has 0 radical (unpaired) electrons. The van der Waals surface area contributed by atoms with Gasteiger partial charge in [0.05, 0.1) is 11.9 Å². The second-order valence-electron chi connectivity index (χ2n) is 3.50. The van der Waals surface area contributed by atoms with Crippen LogP contribution in [0.25, 0.3) is 0 Å². The molecular formula is C9H17FN4. The van der Waals surface area contributed by atoms with Crippen molar-refractivity contribution in [3.05, 3.63) is 11.9 Å². The Morgan fingerprint density at radius 1 is 1.64 bits per heavy atom. The maximum atomic E-state index is 13.8. The first kappa shape index (κ1) is 11.1. The first-order valence-corrected chi connectivity index (χ1v) is 4.93. The summed E-state index contributed by atoms with van der Waals surface area (Å²) < 4.78 is 15.4. The van der Waals surface area contributed by atoms with Gasteiger partial charge in [0.25, 0.3) is 0 Å². The van der Waals surface area contributed by atoms with Crippen LogP contribution in [0, 0.1) is 5.92 Å². The Hall–Kier alpha value is -0.970. The summed E-state index contributed by atoms with van der Waals surface area (Å²) >= 11 is 0. The Morgan fingerprint density at radius 2 is 2.36 bits per heavy atom. The van der Waals surface area contributed by atoms with Crippen molar-refractivity contribution in [3.8, 4) is 0 Å². The van der Waals surface area contributed by atoms with Crippen molar-refractivity contribution >= 4 is 0 Å². The Kier molecular flexibility index (Phi) is 4.00. The topological polar surface area (TPSA) is 56.7 Å². The van der Waals surface area contributed by atoms with Gasteiger partial charge in [-0.25, -0.2) is 9.07 Å². The van der Waals surface area contributed by atoms with Crippen LogP contribution in [0.5, 0.6) is 0 Å². The van der Waals surface area contributed by atoms with Crippen LogP contribution in [0.3, 0.4) is 0 Å². The normalized spacial score (nSPS) is 15.4. The zero-order chi connectivity index (χ0) is 10.6. The number of aromatic nitrogens is 3. The molecule has 0 bridgehead atoms. The standard InChI is InChI=1S/C9H17FN4/c1-3-4-14-8(6-12-13-14)9(10)7(2)5-11/h6-7,9H,3-5,11H2,1-2H3. The first-order chi connectivity index (χ1) is 6.70. The zero-order valence-electron chi connectivity index (χ0n) is 8.65. The third kappa shape index (κ3) is 2.29. The summed E-state index contributed by atoms with van der Waals surface area (Å²) in [7, 11) is 0. The molecule has 2 atom stereocenters. The molecule has 4 nitrogen and oxygen atoms in total. The van der Waals surface area contributed by atoms with Crippen LogP contribution >= 0.6 is 0 Å². The molecule has 0 spiro atoms. The maximum Gasteiger partial charge on any atom is 0.147 e. The molecule has 80 valence electrons. The van der Waals surface area contributed by atoms with Crippen molar-refractivity contribution in [2.45, 2.75) is 33.0 Å². The fourth-order valence-electron chi connectivity index (χ4n) is 1.28. The van der Waals surface area contributed by atoms with E-state index in [4.69, 9.17) is 5.73 Å². The molecule has 0 saturated heterocycles. The predicted octanol–water partition coefficient (Wildman–Crippen LogP) is 1.29. The second-order valence-corrected chi connectivity index (χ2v) is 3.50. The Labute approximate surface area is 83.3 Å². The van der Waals surface area contributed by atoms with Gasteiger partial charge in [0.2, 0.25) is 0 Å². The minimum atomic E-state index is -1.07. The van der Waals surface area contributed by atoms with E-state index < -0.39 is 6.17 Å². The smallest absolute Gasteiger partial charge is 0.147 e. The van der Waals surface area contributed by atoms with Crippen molar-refractivity contribution in [3.63, 3.8) is 0 Å². The van der Waals surface area contributed by atoms with Gasteiger partial charge in [-0.05, 0) is 13.0 Å². The van der Waals surface area contributed by atoms with Crippen LogP contribution in [0.1, 0.15) is 32.1 Å². The van der Waals surface area contributed by atoms with E-state index in [2.05, 4.69) is 10.3 Å². The highest BCUT2D eigenvalue weighted by molar-refractivity contribution is 5.00. The molecule has 0 saturated carbocycles. The molecule has 0 aliphatic rings. The lowest BCUT2D eigenvalue weighted by atomic mass is 10.0.